The molecule has 1 aromatic heterocycles. The summed E-state index contributed by atoms with van der Waals surface area (Å²) in [7, 11) is 0. The molecule has 0 bridgehead atoms. The van der Waals surface area contributed by atoms with Gasteiger partial charge in [-0.25, -0.2) is 14.8 Å². The van der Waals surface area contributed by atoms with E-state index in [1.54, 1.807) is 18.2 Å². The first-order valence-electron chi connectivity index (χ1n) is 9.57. The summed E-state index contributed by atoms with van der Waals surface area (Å²) in [5.74, 6) is 0.301. The molecule has 8 nitrogen and oxygen atoms in total. The van der Waals surface area contributed by atoms with Gasteiger partial charge < -0.3 is 19.5 Å². The lowest BCUT2D eigenvalue weighted by atomic mass is 10.2. The third-order valence-electron chi connectivity index (χ3n) is 4.74. The first-order valence-corrected chi connectivity index (χ1v) is 9.57. The van der Waals surface area contributed by atoms with E-state index in [1.807, 2.05) is 38.1 Å². The number of nitrogens with one attached hydrogen (secondary N) is 1. The number of hydrogen-bond acceptors (Lipinski definition) is 7. The van der Waals surface area contributed by atoms with Gasteiger partial charge in [-0.3, -0.25) is 4.79 Å². The fraction of sp³-hybridized carbons (Fsp3) is 0.273. The van der Waals surface area contributed by atoms with E-state index in [1.165, 1.54) is 0 Å². The standard InChI is InChI=1S/C22H21N3O5/c1-13-14(2)25-18-9-15(7-8-17(18)24-13)22(27)29-12-21(26)23-10-16-11-28-19-5-3-4-6-20(19)30-16/h3-9,16H,10-12H2,1-2H3,(H,23,26)/t16-/m1/s1. The third kappa shape index (κ3) is 4.32. The zero-order valence-corrected chi connectivity index (χ0v) is 16.7. The summed E-state index contributed by atoms with van der Waals surface area (Å²) in [6, 6.07) is 12.3. The number of ether oxygens (including phenoxy) is 3. The molecule has 0 saturated heterocycles. The number of amides is 1. The zero-order valence-electron chi connectivity index (χ0n) is 16.7. The largest absolute Gasteiger partial charge is 0.486 e. The van der Waals surface area contributed by atoms with Crippen LogP contribution >= 0.6 is 0 Å². The first-order chi connectivity index (χ1) is 14.5. The van der Waals surface area contributed by atoms with E-state index in [0.717, 1.165) is 11.4 Å². The van der Waals surface area contributed by atoms with Crippen LogP contribution in [-0.4, -0.2) is 47.7 Å². The summed E-state index contributed by atoms with van der Waals surface area (Å²) >= 11 is 0. The predicted octanol–water partition coefficient (Wildman–Crippen LogP) is 2.36. The molecule has 2 heterocycles. The fourth-order valence-electron chi connectivity index (χ4n) is 3.01. The second-order valence-electron chi connectivity index (χ2n) is 6.98. The van der Waals surface area contributed by atoms with E-state index in [-0.39, 0.29) is 19.3 Å². The molecule has 0 unspecified atom stereocenters. The molecule has 30 heavy (non-hydrogen) atoms. The van der Waals surface area contributed by atoms with Gasteiger partial charge in [-0.1, -0.05) is 12.1 Å². The van der Waals surface area contributed by atoms with Crippen molar-refractivity contribution in [2.24, 2.45) is 0 Å². The summed E-state index contributed by atoms with van der Waals surface area (Å²) in [4.78, 5) is 33.2. The first kappa shape index (κ1) is 19.6. The lowest BCUT2D eigenvalue weighted by Crippen LogP contribution is -2.42. The second kappa shape index (κ2) is 8.36. The van der Waals surface area contributed by atoms with Crippen LogP contribution in [0.3, 0.4) is 0 Å². The van der Waals surface area contributed by atoms with Crippen molar-refractivity contribution in [1.82, 2.24) is 15.3 Å². The highest BCUT2D eigenvalue weighted by atomic mass is 16.6. The van der Waals surface area contributed by atoms with Crippen LogP contribution < -0.4 is 14.8 Å². The van der Waals surface area contributed by atoms with Gasteiger partial charge in [0.15, 0.2) is 18.1 Å². The van der Waals surface area contributed by atoms with Crippen molar-refractivity contribution in [2.75, 3.05) is 19.8 Å². The maximum atomic E-state index is 12.3. The van der Waals surface area contributed by atoms with Gasteiger partial charge in [0.2, 0.25) is 0 Å². The SMILES string of the molecule is Cc1nc2ccc(C(=O)OCC(=O)NC[C@@H]3COc4ccccc4O3)cc2nc1C. The second-order valence-corrected chi connectivity index (χ2v) is 6.98. The van der Waals surface area contributed by atoms with Crippen LogP contribution in [-0.2, 0) is 9.53 Å². The van der Waals surface area contributed by atoms with Crippen molar-refractivity contribution in [2.45, 2.75) is 20.0 Å². The van der Waals surface area contributed by atoms with Crippen molar-refractivity contribution in [1.29, 1.82) is 0 Å². The van der Waals surface area contributed by atoms with Crippen LogP contribution in [0, 0.1) is 13.8 Å². The normalized spacial score (nSPS) is 14.9. The number of nitrogens with zero attached hydrogens (tertiary/aromatic N) is 2. The molecule has 1 N–H and O–H groups in total. The highest BCUT2D eigenvalue weighted by Crippen LogP contribution is 2.30. The maximum absolute atomic E-state index is 12.3. The van der Waals surface area contributed by atoms with Gasteiger partial charge in [-0.15, -0.1) is 0 Å². The summed E-state index contributed by atoms with van der Waals surface area (Å²) in [6.07, 6.45) is -0.315. The van der Waals surface area contributed by atoms with Gasteiger partial charge in [-0.2, -0.15) is 0 Å². The lowest BCUT2D eigenvalue weighted by Gasteiger charge is -2.26. The molecule has 154 valence electrons. The van der Waals surface area contributed by atoms with Crippen LogP contribution in [0.1, 0.15) is 21.7 Å². The molecule has 0 aliphatic carbocycles. The lowest BCUT2D eigenvalue weighted by molar-refractivity contribution is -0.124. The number of rotatable bonds is 5. The van der Waals surface area contributed by atoms with Gasteiger partial charge in [0.1, 0.15) is 12.7 Å². The number of para-hydroxylation sites is 2. The number of benzene rings is 2. The number of esters is 1. The van der Waals surface area contributed by atoms with Crippen molar-refractivity contribution in [3.63, 3.8) is 0 Å². The molecule has 0 saturated carbocycles. The Kier molecular flexibility index (Phi) is 5.47. The molecule has 8 heteroatoms. The Hall–Kier alpha value is -3.68. The van der Waals surface area contributed by atoms with Gasteiger partial charge in [0.25, 0.3) is 5.91 Å². The monoisotopic (exact) mass is 407 g/mol. The van der Waals surface area contributed by atoms with E-state index in [4.69, 9.17) is 14.2 Å². The molecule has 1 atom stereocenters. The van der Waals surface area contributed by atoms with Crippen molar-refractivity contribution < 1.29 is 23.8 Å². The highest BCUT2D eigenvalue weighted by Gasteiger charge is 2.21. The molecule has 4 rings (SSSR count). The van der Waals surface area contributed by atoms with E-state index in [2.05, 4.69) is 15.3 Å². The average Bonchev–Trinajstić information content (AvgIpc) is 2.76. The Bertz CT molecular complexity index is 1120. The fourth-order valence-corrected chi connectivity index (χ4v) is 3.01. The smallest absolute Gasteiger partial charge is 0.338 e. The minimum Gasteiger partial charge on any atom is -0.486 e. The van der Waals surface area contributed by atoms with Crippen LogP contribution in [0.4, 0.5) is 0 Å². The van der Waals surface area contributed by atoms with Gasteiger partial charge in [-0.05, 0) is 44.2 Å². The topological polar surface area (TPSA) is 99.6 Å². The number of aryl methyl sites for hydroxylation is 2. The minimum absolute atomic E-state index is 0.245. The molecule has 1 aliphatic heterocycles. The van der Waals surface area contributed by atoms with E-state index in [9.17, 15) is 9.59 Å². The number of fused-ring (bicyclic) bond motifs is 2. The van der Waals surface area contributed by atoms with Crippen molar-refractivity contribution in [3.8, 4) is 11.5 Å². The molecule has 1 aliphatic rings. The molecule has 0 radical (unpaired) electrons. The molecular weight excluding hydrogens is 386 g/mol. The van der Waals surface area contributed by atoms with Crippen molar-refractivity contribution >= 4 is 22.9 Å². The molecule has 0 spiro atoms. The van der Waals surface area contributed by atoms with E-state index < -0.39 is 11.9 Å². The maximum Gasteiger partial charge on any atom is 0.338 e. The van der Waals surface area contributed by atoms with Crippen LogP contribution in [0.5, 0.6) is 11.5 Å². The number of carbonyl (C=O) groups is 2. The van der Waals surface area contributed by atoms with E-state index >= 15 is 0 Å². The van der Waals surface area contributed by atoms with Crippen LogP contribution in [0.15, 0.2) is 42.5 Å². The van der Waals surface area contributed by atoms with E-state index in [0.29, 0.717) is 34.7 Å². The highest BCUT2D eigenvalue weighted by molar-refractivity contribution is 5.94. The molecular formula is C22H21N3O5. The summed E-state index contributed by atoms with van der Waals surface area (Å²) < 4.78 is 16.5. The molecule has 1 amide bonds. The van der Waals surface area contributed by atoms with Crippen molar-refractivity contribution in [3.05, 3.63) is 59.4 Å². The van der Waals surface area contributed by atoms with Crippen LogP contribution in [0.2, 0.25) is 0 Å². The Morgan fingerprint density at radius 2 is 1.80 bits per heavy atom. The third-order valence-corrected chi connectivity index (χ3v) is 4.74. The number of hydrogen-bond donors (Lipinski definition) is 1. The Balaban J connectivity index is 1.28. The summed E-state index contributed by atoms with van der Waals surface area (Å²) in [5, 5.41) is 2.69. The minimum atomic E-state index is -0.599. The summed E-state index contributed by atoms with van der Waals surface area (Å²) in [6.45, 7) is 3.92. The molecule has 2 aromatic carbocycles. The molecule has 3 aromatic rings. The average molecular weight is 407 g/mol. The number of carbonyl (C=O) groups excluding carboxylic acids is 2. The Labute approximate surface area is 173 Å². The van der Waals surface area contributed by atoms with Crippen LogP contribution in [0.25, 0.3) is 11.0 Å². The quantitative estimate of drug-likeness (QED) is 0.648. The summed E-state index contributed by atoms with van der Waals surface area (Å²) in [5.41, 5.74) is 3.25. The van der Waals surface area contributed by atoms with Gasteiger partial charge in [0, 0.05) is 0 Å². The zero-order chi connectivity index (χ0) is 21.1. The van der Waals surface area contributed by atoms with Gasteiger partial charge >= 0.3 is 5.97 Å². The molecule has 0 fully saturated rings. The Morgan fingerprint density at radius 1 is 1.07 bits per heavy atom. The Morgan fingerprint density at radius 3 is 2.60 bits per heavy atom. The predicted molar refractivity (Wildman–Crippen MR) is 109 cm³/mol. The van der Waals surface area contributed by atoms with Gasteiger partial charge in [0.05, 0.1) is 34.5 Å². The number of aromatic nitrogens is 2.